The third-order valence-electron chi connectivity index (χ3n) is 2.58. The fourth-order valence-electron chi connectivity index (χ4n) is 1.67. The van der Waals surface area contributed by atoms with E-state index in [1.165, 1.54) is 0 Å². The molecule has 1 aromatic rings. The molecule has 0 aromatic heterocycles. The zero-order chi connectivity index (χ0) is 11.4. The Balaban J connectivity index is 2.08. The number of morpholine rings is 1. The molecule has 5 heteroatoms. The first-order chi connectivity index (χ1) is 7.81. The highest BCUT2D eigenvalue weighted by molar-refractivity contribution is 5.72. The Bertz CT molecular complexity index is 351. The van der Waals surface area contributed by atoms with E-state index in [4.69, 9.17) is 15.2 Å². The lowest BCUT2D eigenvalue weighted by atomic mass is 10.2. The predicted octanol–water partition coefficient (Wildman–Crippen LogP) is 0.936. The molecule has 2 rings (SSSR count). The molecular weight excluding hydrogens is 206 g/mol. The maximum Gasteiger partial charge on any atom is 0.143 e. The van der Waals surface area contributed by atoms with Gasteiger partial charge in [0.05, 0.1) is 31.7 Å². The van der Waals surface area contributed by atoms with Gasteiger partial charge >= 0.3 is 0 Å². The molecule has 1 fully saturated rings. The lowest BCUT2D eigenvalue weighted by Gasteiger charge is -2.28. The van der Waals surface area contributed by atoms with Crippen molar-refractivity contribution in [1.82, 2.24) is 5.01 Å². The number of rotatable bonds is 3. The number of nitrogens with two attached hydrogens (primary N) is 1. The van der Waals surface area contributed by atoms with Crippen molar-refractivity contribution < 1.29 is 9.47 Å². The van der Waals surface area contributed by atoms with Crippen molar-refractivity contribution >= 4 is 11.4 Å². The summed E-state index contributed by atoms with van der Waals surface area (Å²) in [5.74, 6) is 0.693. The summed E-state index contributed by atoms with van der Waals surface area (Å²) >= 11 is 0. The minimum atomic E-state index is 0.636. The SMILES string of the molecule is COc1cccc(NN2CCOCC2)c1N. The first kappa shape index (κ1) is 11.0. The molecule has 0 saturated carbocycles. The normalized spacial score (nSPS) is 17.1. The molecule has 1 aliphatic heterocycles. The molecule has 0 spiro atoms. The first-order valence-electron chi connectivity index (χ1n) is 5.33. The van der Waals surface area contributed by atoms with Gasteiger partial charge in [0.25, 0.3) is 0 Å². The minimum absolute atomic E-state index is 0.636. The quantitative estimate of drug-likeness (QED) is 0.747. The summed E-state index contributed by atoms with van der Waals surface area (Å²) in [6.07, 6.45) is 0. The van der Waals surface area contributed by atoms with Crippen LogP contribution >= 0.6 is 0 Å². The highest BCUT2D eigenvalue weighted by Gasteiger charge is 2.12. The van der Waals surface area contributed by atoms with E-state index in [-0.39, 0.29) is 0 Å². The molecule has 1 saturated heterocycles. The van der Waals surface area contributed by atoms with Gasteiger partial charge < -0.3 is 20.6 Å². The molecule has 0 radical (unpaired) electrons. The highest BCUT2D eigenvalue weighted by Crippen LogP contribution is 2.29. The van der Waals surface area contributed by atoms with Crippen LogP contribution in [0, 0.1) is 0 Å². The van der Waals surface area contributed by atoms with Crippen molar-refractivity contribution in [1.29, 1.82) is 0 Å². The molecule has 3 N–H and O–H groups in total. The average Bonchev–Trinajstić information content (AvgIpc) is 2.33. The summed E-state index contributed by atoms with van der Waals surface area (Å²) in [7, 11) is 1.62. The molecule has 0 aliphatic carbocycles. The molecule has 1 heterocycles. The van der Waals surface area contributed by atoms with Gasteiger partial charge in [-0.2, -0.15) is 0 Å². The van der Waals surface area contributed by atoms with Crippen LogP contribution in [0.3, 0.4) is 0 Å². The zero-order valence-electron chi connectivity index (χ0n) is 9.40. The van der Waals surface area contributed by atoms with Gasteiger partial charge in [-0.25, -0.2) is 5.01 Å². The van der Waals surface area contributed by atoms with Gasteiger partial charge in [-0.05, 0) is 12.1 Å². The van der Waals surface area contributed by atoms with E-state index in [0.717, 1.165) is 32.0 Å². The largest absolute Gasteiger partial charge is 0.495 e. The van der Waals surface area contributed by atoms with Crippen molar-refractivity contribution in [2.45, 2.75) is 0 Å². The van der Waals surface area contributed by atoms with E-state index in [9.17, 15) is 0 Å². The second-order valence-electron chi connectivity index (χ2n) is 3.63. The van der Waals surface area contributed by atoms with E-state index >= 15 is 0 Å². The third-order valence-corrected chi connectivity index (χ3v) is 2.58. The van der Waals surface area contributed by atoms with Crippen LogP contribution in [0.25, 0.3) is 0 Å². The Labute approximate surface area is 95.1 Å². The topological polar surface area (TPSA) is 59.8 Å². The first-order valence-corrected chi connectivity index (χ1v) is 5.33. The summed E-state index contributed by atoms with van der Waals surface area (Å²) in [5, 5.41) is 2.09. The van der Waals surface area contributed by atoms with Crippen LogP contribution in [-0.2, 0) is 4.74 Å². The van der Waals surface area contributed by atoms with Gasteiger partial charge in [0.1, 0.15) is 5.75 Å². The molecule has 1 aromatic carbocycles. The number of ether oxygens (including phenoxy) is 2. The monoisotopic (exact) mass is 223 g/mol. The van der Waals surface area contributed by atoms with Crippen LogP contribution in [0.2, 0.25) is 0 Å². The molecule has 1 aliphatic rings. The smallest absolute Gasteiger partial charge is 0.143 e. The molecule has 0 unspecified atom stereocenters. The van der Waals surface area contributed by atoms with Gasteiger partial charge in [0.15, 0.2) is 0 Å². The Morgan fingerprint density at radius 1 is 1.38 bits per heavy atom. The molecule has 88 valence electrons. The molecule has 0 atom stereocenters. The lowest BCUT2D eigenvalue weighted by molar-refractivity contribution is 0.0497. The predicted molar refractivity (Wildman–Crippen MR) is 63.4 cm³/mol. The number of anilines is 2. The maximum atomic E-state index is 5.97. The zero-order valence-corrected chi connectivity index (χ0v) is 9.40. The van der Waals surface area contributed by atoms with Gasteiger partial charge in [-0.3, -0.25) is 0 Å². The highest BCUT2D eigenvalue weighted by atomic mass is 16.5. The summed E-state index contributed by atoms with van der Waals surface area (Å²) < 4.78 is 10.4. The second kappa shape index (κ2) is 5.05. The number of hydrazine groups is 1. The second-order valence-corrected chi connectivity index (χ2v) is 3.63. The summed E-state index contributed by atoms with van der Waals surface area (Å²) in [5.41, 5.74) is 10.7. The average molecular weight is 223 g/mol. The van der Waals surface area contributed by atoms with Crippen LogP contribution < -0.4 is 15.9 Å². The standard InChI is InChI=1S/C11H17N3O2/c1-15-10-4-2-3-9(11(10)12)13-14-5-7-16-8-6-14/h2-4,13H,5-8,12H2,1H3. The van der Waals surface area contributed by atoms with Crippen LogP contribution in [-0.4, -0.2) is 38.4 Å². The number of methoxy groups -OCH3 is 1. The van der Waals surface area contributed by atoms with Crippen molar-refractivity contribution in [3.63, 3.8) is 0 Å². The van der Waals surface area contributed by atoms with E-state index in [0.29, 0.717) is 11.4 Å². The summed E-state index contributed by atoms with van der Waals surface area (Å²) in [6.45, 7) is 3.21. The Morgan fingerprint density at radius 2 is 2.12 bits per heavy atom. The number of nitrogens with zero attached hydrogens (tertiary/aromatic N) is 1. The summed E-state index contributed by atoms with van der Waals surface area (Å²) in [4.78, 5) is 0. The van der Waals surface area contributed by atoms with Gasteiger partial charge in [0, 0.05) is 13.1 Å². The third kappa shape index (κ3) is 2.37. The number of nitrogens with one attached hydrogen (secondary N) is 1. The Hall–Kier alpha value is -1.46. The molecule has 16 heavy (non-hydrogen) atoms. The van der Waals surface area contributed by atoms with Crippen molar-refractivity contribution in [2.75, 3.05) is 44.6 Å². The van der Waals surface area contributed by atoms with Gasteiger partial charge in [-0.1, -0.05) is 6.07 Å². The van der Waals surface area contributed by atoms with E-state index in [1.807, 2.05) is 18.2 Å². The van der Waals surface area contributed by atoms with Crippen molar-refractivity contribution in [3.8, 4) is 5.75 Å². The van der Waals surface area contributed by atoms with Gasteiger partial charge in [0.2, 0.25) is 0 Å². The van der Waals surface area contributed by atoms with Crippen LogP contribution in [0.5, 0.6) is 5.75 Å². The number of nitrogen functional groups attached to an aromatic ring is 1. The fourth-order valence-corrected chi connectivity index (χ4v) is 1.67. The van der Waals surface area contributed by atoms with E-state index in [1.54, 1.807) is 7.11 Å². The van der Waals surface area contributed by atoms with Gasteiger partial charge in [-0.15, -0.1) is 0 Å². The molecule has 5 nitrogen and oxygen atoms in total. The molecule has 0 amide bonds. The minimum Gasteiger partial charge on any atom is -0.495 e. The van der Waals surface area contributed by atoms with E-state index < -0.39 is 0 Å². The van der Waals surface area contributed by atoms with Crippen LogP contribution in [0.15, 0.2) is 18.2 Å². The van der Waals surface area contributed by atoms with E-state index in [2.05, 4.69) is 10.4 Å². The lowest BCUT2D eigenvalue weighted by Crippen LogP contribution is -2.40. The number of benzene rings is 1. The molecule has 0 bridgehead atoms. The number of hydrogen-bond acceptors (Lipinski definition) is 5. The van der Waals surface area contributed by atoms with Crippen molar-refractivity contribution in [3.05, 3.63) is 18.2 Å². The Kier molecular flexibility index (Phi) is 3.48. The Morgan fingerprint density at radius 3 is 2.81 bits per heavy atom. The number of para-hydroxylation sites is 1. The van der Waals surface area contributed by atoms with Crippen molar-refractivity contribution in [2.24, 2.45) is 0 Å². The van der Waals surface area contributed by atoms with Crippen LogP contribution in [0.1, 0.15) is 0 Å². The van der Waals surface area contributed by atoms with Crippen LogP contribution in [0.4, 0.5) is 11.4 Å². The maximum absolute atomic E-state index is 5.97. The molecular formula is C11H17N3O2. The summed E-state index contributed by atoms with van der Waals surface area (Å²) in [6, 6.07) is 5.70. The number of hydrogen-bond donors (Lipinski definition) is 2. The fraction of sp³-hybridized carbons (Fsp3) is 0.455.